The summed E-state index contributed by atoms with van der Waals surface area (Å²) in [5.74, 6) is 1.75. The van der Waals surface area contributed by atoms with Crippen LogP contribution in [0.3, 0.4) is 0 Å². The van der Waals surface area contributed by atoms with Crippen molar-refractivity contribution in [3.63, 3.8) is 0 Å². The minimum atomic E-state index is 0. The van der Waals surface area contributed by atoms with E-state index in [2.05, 4.69) is 88.9 Å². The molecule has 0 amide bonds. The van der Waals surface area contributed by atoms with E-state index in [0.717, 1.165) is 37.8 Å². The van der Waals surface area contributed by atoms with Crippen molar-refractivity contribution in [1.82, 2.24) is 25.1 Å². The minimum absolute atomic E-state index is 0. The zero-order valence-electron chi connectivity index (χ0n) is 17.2. The van der Waals surface area contributed by atoms with E-state index in [4.69, 9.17) is 0 Å². The molecule has 29 heavy (non-hydrogen) atoms. The van der Waals surface area contributed by atoms with Crippen LogP contribution in [-0.4, -0.2) is 38.2 Å². The lowest BCUT2D eigenvalue weighted by Crippen LogP contribution is -2.38. The molecule has 3 aromatic rings. The third-order valence-electron chi connectivity index (χ3n) is 5.84. The van der Waals surface area contributed by atoms with Crippen LogP contribution in [0, 0.1) is 12.8 Å². The Morgan fingerprint density at radius 3 is 2.38 bits per heavy atom. The van der Waals surface area contributed by atoms with Crippen molar-refractivity contribution >= 4 is 12.4 Å². The number of tetrazole rings is 1. The van der Waals surface area contributed by atoms with Crippen LogP contribution in [0.4, 0.5) is 0 Å². The summed E-state index contributed by atoms with van der Waals surface area (Å²) in [6.07, 6.45) is 3.39. The number of aromatic nitrogens is 4. The molecule has 4 rings (SSSR count). The van der Waals surface area contributed by atoms with Crippen molar-refractivity contribution in [3.8, 4) is 0 Å². The average Bonchev–Trinajstić information content (AvgIpc) is 3.18. The molecule has 2 aromatic carbocycles. The zero-order valence-corrected chi connectivity index (χ0v) is 18.1. The molecular weight excluding hydrogens is 382 g/mol. The molecule has 1 unspecified atom stereocenters. The summed E-state index contributed by atoms with van der Waals surface area (Å²) in [6, 6.07) is 19.5. The van der Waals surface area contributed by atoms with Gasteiger partial charge in [-0.2, -0.15) is 0 Å². The maximum atomic E-state index is 4.48. The molecule has 6 heteroatoms. The quantitative estimate of drug-likeness (QED) is 0.600. The largest absolute Gasteiger partial charge is 0.290 e. The topological polar surface area (TPSA) is 46.8 Å². The number of hydrogen-bond acceptors (Lipinski definition) is 4. The summed E-state index contributed by atoms with van der Waals surface area (Å²) < 4.78 is 2.00. The van der Waals surface area contributed by atoms with E-state index in [1.54, 1.807) is 0 Å². The first-order chi connectivity index (χ1) is 13.7. The van der Waals surface area contributed by atoms with Crippen molar-refractivity contribution in [2.24, 2.45) is 5.92 Å². The molecule has 1 aliphatic rings. The molecule has 1 atom stereocenters. The van der Waals surface area contributed by atoms with Crippen molar-refractivity contribution < 1.29 is 0 Å². The Labute approximate surface area is 179 Å². The maximum absolute atomic E-state index is 4.48. The van der Waals surface area contributed by atoms with Crippen LogP contribution in [0.15, 0.2) is 54.6 Å². The first-order valence-electron chi connectivity index (χ1n) is 10.3. The Morgan fingerprint density at radius 2 is 1.69 bits per heavy atom. The molecule has 0 aliphatic carbocycles. The van der Waals surface area contributed by atoms with Crippen molar-refractivity contribution in [3.05, 3.63) is 77.1 Å². The summed E-state index contributed by atoms with van der Waals surface area (Å²) in [5.41, 5.74) is 3.86. The molecule has 2 heterocycles. The molecule has 154 valence electrons. The fourth-order valence-corrected chi connectivity index (χ4v) is 4.01. The highest BCUT2D eigenvalue weighted by molar-refractivity contribution is 5.85. The second-order valence-corrected chi connectivity index (χ2v) is 8.03. The number of likely N-dealkylation sites (tertiary alicyclic amines) is 1. The van der Waals surface area contributed by atoms with Gasteiger partial charge in [0, 0.05) is 6.54 Å². The predicted molar refractivity (Wildman–Crippen MR) is 118 cm³/mol. The Balaban J connectivity index is 0.00000240. The van der Waals surface area contributed by atoms with Gasteiger partial charge in [-0.25, -0.2) is 4.68 Å². The molecule has 1 fully saturated rings. The number of rotatable bonds is 6. The van der Waals surface area contributed by atoms with E-state index in [9.17, 15) is 0 Å². The highest BCUT2D eigenvalue weighted by atomic mass is 35.5. The normalized spacial score (nSPS) is 16.3. The second kappa shape index (κ2) is 9.99. The van der Waals surface area contributed by atoms with E-state index in [1.807, 2.05) is 4.68 Å². The lowest BCUT2D eigenvalue weighted by Gasteiger charge is -2.36. The Morgan fingerprint density at radius 1 is 1.00 bits per heavy atom. The van der Waals surface area contributed by atoms with Gasteiger partial charge in [0.15, 0.2) is 5.82 Å². The molecule has 0 N–H and O–H groups in total. The van der Waals surface area contributed by atoms with Gasteiger partial charge in [-0.05, 0) is 66.7 Å². The van der Waals surface area contributed by atoms with Crippen molar-refractivity contribution in [2.45, 2.75) is 45.7 Å². The Bertz CT molecular complexity index is 870. The van der Waals surface area contributed by atoms with Crippen LogP contribution >= 0.6 is 12.4 Å². The van der Waals surface area contributed by atoms with E-state index >= 15 is 0 Å². The van der Waals surface area contributed by atoms with Gasteiger partial charge in [0.2, 0.25) is 0 Å². The van der Waals surface area contributed by atoms with Crippen LogP contribution in [0.1, 0.15) is 48.3 Å². The number of benzene rings is 2. The van der Waals surface area contributed by atoms with Crippen LogP contribution < -0.4 is 0 Å². The number of piperidine rings is 1. The standard InChI is InChI=1S/C23H29N5.ClH/c1-18-8-10-21(11-9-18)22(27-15-12-19(2)13-16-27)23-24-25-26-28(23)17-14-20-6-4-3-5-7-20;/h3-11,19,22H,12-17H2,1-2H3;1H. The van der Waals surface area contributed by atoms with Gasteiger partial charge >= 0.3 is 0 Å². The van der Waals surface area contributed by atoms with Gasteiger partial charge in [0.1, 0.15) is 0 Å². The van der Waals surface area contributed by atoms with Gasteiger partial charge in [0.05, 0.1) is 6.04 Å². The summed E-state index contributed by atoms with van der Waals surface area (Å²) >= 11 is 0. The highest BCUT2D eigenvalue weighted by Crippen LogP contribution is 2.31. The first-order valence-corrected chi connectivity index (χ1v) is 10.3. The fraction of sp³-hybridized carbons (Fsp3) is 0.435. The Kier molecular flexibility index (Phi) is 7.40. The molecule has 0 spiro atoms. The van der Waals surface area contributed by atoms with Crippen molar-refractivity contribution in [1.29, 1.82) is 0 Å². The summed E-state index contributed by atoms with van der Waals surface area (Å²) in [7, 11) is 0. The van der Waals surface area contributed by atoms with E-state index in [1.165, 1.54) is 29.5 Å². The van der Waals surface area contributed by atoms with E-state index < -0.39 is 0 Å². The molecule has 1 aliphatic heterocycles. The van der Waals surface area contributed by atoms with Gasteiger partial charge in [-0.3, -0.25) is 4.90 Å². The molecule has 0 radical (unpaired) electrons. The highest BCUT2D eigenvalue weighted by Gasteiger charge is 2.30. The Hall–Kier alpha value is -2.24. The van der Waals surface area contributed by atoms with Crippen LogP contribution in [0.2, 0.25) is 0 Å². The van der Waals surface area contributed by atoms with Gasteiger partial charge in [-0.1, -0.05) is 67.1 Å². The van der Waals surface area contributed by atoms with Crippen molar-refractivity contribution in [2.75, 3.05) is 13.1 Å². The number of hydrogen-bond donors (Lipinski definition) is 0. The molecular formula is C23H30ClN5. The minimum Gasteiger partial charge on any atom is -0.290 e. The molecule has 1 aromatic heterocycles. The van der Waals surface area contributed by atoms with Gasteiger partial charge in [-0.15, -0.1) is 17.5 Å². The third kappa shape index (κ3) is 5.22. The monoisotopic (exact) mass is 411 g/mol. The molecule has 1 saturated heterocycles. The maximum Gasteiger partial charge on any atom is 0.173 e. The fourth-order valence-electron chi connectivity index (χ4n) is 4.01. The SMILES string of the molecule is Cc1ccc(C(c2nnnn2CCc2ccccc2)N2CCC(C)CC2)cc1.Cl. The summed E-state index contributed by atoms with van der Waals surface area (Å²) in [5, 5.41) is 12.9. The predicted octanol–water partition coefficient (Wildman–Crippen LogP) is 4.47. The second-order valence-electron chi connectivity index (χ2n) is 8.03. The molecule has 0 saturated carbocycles. The van der Waals surface area contributed by atoms with Crippen LogP contribution in [0.25, 0.3) is 0 Å². The smallest absolute Gasteiger partial charge is 0.173 e. The van der Waals surface area contributed by atoms with Gasteiger partial charge < -0.3 is 0 Å². The van der Waals surface area contributed by atoms with Crippen LogP contribution in [-0.2, 0) is 13.0 Å². The molecule has 0 bridgehead atoms. The lowest BCUT2D eigenvalue weighted by atomic mass is 9.95. The summed E-state index contributed by atoms with van der Waals surface area (Å²) in [6.45, 7) is 7.45. The van der Waals surface area contributed by atoms with Crippen LogP contribution in [0.5, 0.6) is 0 Å². The van der Waals surface area contributed by atoms with E-state index in [0.29, 0.717) is 0 Å². The number of aryl methyl sites for hydroxylation is 3. The zero-order chi connectivity index (χ0) is 19.3. The number of nitrogens with zero attached hydrogens (tertiary/aromatic N) is 5. The first kappa shape index (κ1) is 21.5. The van der Waals surface area contributed by atoms with Gasteiger partial charge in [0.25, 0.3) is 0 Å². The lowest BCUT2D eigenvalue weighted by molar-refractivity contribution is 0.150. The average molecular weight is 412 g/mol. The molecule has 5 nitrogen and oxygen atoms in total. The van der Waals surface area contributed by atoms with E-state index in [-0.39, 0.29) is 18.4 Å². The third-order valence-corrected chi connectivity index (χ3v) is 5.84. The summed E-state index contributed by atoms with van der Waals surface area (Å²) in [4.78, 5) is 2.55. The number of halogens is 1.